The van der Waals surface area contributed by atoms with Crippen molar-refractivity contribution in [2.75, 3.05) is 13.2 Å². The number of aliphatic hydroxyl groups is 2. The van der Waals surface area contributed by atoms with E-state index in [0.717, 1.165) is 4.47 Å². The van der Waals surface area contributed by atoms with Gasteiger partial charge in [0.2, 0.25) is 0 Å². The lowest BCUT2D eigenvalue weighted by atomic mass is 10.0. The van der Waals surface area contributed by atoms with Crippen LogP contribution in [0, 0.1) is 0 Å². The topological polar surface area (TPSA) is 95.9 Å². The van der Waals surface area contributed by atoms with Crippen LogP contribution in [0.1, 0.15) is 35.4 Å². The molecule has 0 aromatic heterocycles. The molecule has 0 aliphatic carbocycles. The summed E-state index contributed by atoms with van der Waals surface area (Å²) in [4.78, 5) is 23.8. The number of ketones is 1. The van der Waals surface area contributed by atoms with Gasteiger partial charge in [-0.1, -0.05) is 46.3 Å². The van der Waals surface area contributed by atoms with E-state index in [1.54, 1.807) is 30.3 Å². The van der Waals surface area contributed by atoms with Crippen molar-refractivity contribution in [1.82, 2.24) is 5.32 Å². The van der Waals surface area contributed by atoms with Crippen LogP contribution in [-0.4, -0.2) is 41.2 Å². The van der Waals surface area contributed by atoms with Gasteiger partial charge >= 0.3 is 0 Å². The summed E-state index contributed by atoms with van der Waals surface area (Å²) < 4.78 is 6.19. The average molecular weight is 436 g/mol. The lowest BCUT2D eigenvalue weighted by molar-refractivity contribution is -0.124. The van der Waals surface area contributed by atoms with Crippen molar-refractivity contribution < 1.29 is 24.5 Å². The zero-order chi connectivity index (χ0) is 19.8. The number of Topliss-reactive ketones (excluding diaryl/α,β-unsaturated/α-hetero) is 1. The van der Waals surface area contributed by atoms with Crippen LogP contribution in [-0.2, 0) is 4.79 Å². The fourth-order valence-corrected chi connectivity index (χ4v) is 2.94. The van der Waals surface area contributed by atoms with E-state index in [1.165, 1.54) is 6.92 Å². The van der Waals surface area contributed by atoms with E-state index < -0.39 is 18.1 Å². The Morgan fingerprint density at radius 2 is 1.89 bits per heavy atom. The second kappa shape index (κ2) is 10.2. The molecule has 144 valence electrons. The first kappa shape index (κ1) is 21.1. The van der Waals surface area contributed by atoms with Gasteiger partial charge in [0, 0.05) is 4.47 Å². The summed E-state index contributed by atoms with van der Waals surface area (Å²) in [7, 11) is 0. The normalized spacial score (nSPS) is 12.9. The highest BCUT2D eigenvalue weighted by molar-refractivity contribution is 9.10. The van der Waals surface area contributed by atoms with Crippen molar-refractivity contribution in [2.24, 2.45) is 0 Å². The van der Waals surface area contributed by atoms with Gasteiger partial charge in [-0.05, 0) is 37.1 Å². The van der Waals surface area contributed by atoms with E-state index in [9.17, 15) is 19.8 Å². The minimum atomic E-state index is -0.805. The molecule has 0 bridgehead atoms. The van der Waals surface area contributed by atoms with Crippen molar-refractivity contribution in [3.63, 3.8) is 0 Å². The fraction of sp³-hybridized carbons (Fsp3) is 0.300. The summed E-state index contributed by atoms with van der Waals surface area (Å²) in [5.74, 6) is -0.316. The maximum atomic E-state index is 12.1. The van der Waals surface area contributed by atoms with Crippen LogP contribution in [0.15, 0.2) is 53.0 Å². The number of benzene rings is 2. The summed E-state index contributed by atoms with van der Waals surface area (Å²) >= 11 is 3.29. The summed E-state index contributed by atoms with van der Waals surface area (Å²) in [6.07, 6.45) is -0.635. The Kier molecular flexibility index (Phi) is 7.97. The van der Waals surface area contributed by atoms with E-state index in [0.29, 0.717) is 16.9 Å². The summed E-state index contributed by atoms with van der Waals surface area (Å²) in [6, 6.07) is 13.4. The third-order valence-corrected chi connectivity index (χ3v) is 4.45. The molecule has 0 aliphatic heterocycles. The molecule has 3 N–H and O–H groups in total. The van der Waals surface area contributed by atoms with Crippen LogP contribution in [0.2, 0.25) is 0 Å². The van der Waals surface area contributed by atoms with Crippen molar-refractivity contribution in [2.45, 2.75) is 25.5 Å². The maximum Gasteiger partial charge on any atom is 0.258 e. The molecular weight excluding hydrogens is 414 g/mol. The molecule has 0 aliphatic rings. The summed E-state index contributed by atoms with van der Waals surface area (Å²) in [5.41, 5.74) is 1.08. The molecule has 6 nitrogen and oxygen atoms in total. The highest BCUT2D eigenvalue weighted by Crippen LogP contribution is 2.23. The van der Waals surface area contributed by atoms with Crippen molar-refractivity contribution >= 4 is 27.6 Å². The molecule has 2 atom stereocenters. The van der Waals surface area contributed by atoms with E-state index in [-0.39, 0.29) is 25.4 Å². The van der Waals surface area contributed by atoms with E-state index in [2.05, 4.69) is 21.2 Å². The van der Waals surface area contributed by atoms with E-state index >= 15 is 0 Å². The summed E-state index contributed by atoms with van der Waals surface area (Å²) in [6.45, 7) is 0.800. The van der Waals surface area contributed by atoms with Crippen LogP contribution in [0.5, 0.6) is 5.75 Å². The second-order valence-corrected chi connectivity index (χ2v) is 7.01. The van der Waals surface area contributed by atoms with Crippen LogP contribution in [0.3, 0.4) is 0 Å². The van der Waals surface area contributed by atoms with Crippen molar-refractivity contribution in [3.8, 4) is 5.75 Å². The molecule has 0 spiro atoms. The Labute approximate surface area is 166 Å². The smallest absolute Gasteiger partial charge is 0.258 e. The van der Waals surface area contributed by atoms with Crippen LogP contribution in [0.25, 0.3) is 0 Å². The Morgan fingerprint density at radius 1 is 1.19 bits per heavy atom. The highest BCUT2D eigenvalue weighted by Gasteiger charge is 2.18. The molecule has 2 aromatic rings. The number of carbonyl (C=O) groups is 2. The zero-order valence-electron chi connectivity index (χ0n) is 14.9. The number of amides is 1. The zero-order valence-corrected chi connectivity index (χ0v) is 16.5. The second-order valence-electron chi connectivity index (χ2n) is 6.09. The summed E-state index contributed by atoms with van der Waals surface area (Å²) in [5, 5.41) is 22.3. The molecule has 1 amide bonds. The Hall–Kier alpha value is -2.22. The predicted molar refractivity (Wildman–Crippen MR) is 105 cm³/mol. The maximum absolute atomic E-state index is 12.1. The van der Waals surface area contributed by atoms with E-state index in [1.807, 2.05) is 18.2 Å². The first-order chi connectivity index (χ1) is 12.9. The number of nitrogens with one attached hydrogen (secondary N) is 1. The monoisotopic (exact) mass is 435 g/mol. The molecule has 2 aromatic carbocycles. The molecule has 0 heterocycles. The molecule has 2 unspecified atom stereocenters. The van der Waals surface area contributed by atoms with Gasteiger partial charge < -0.3 is 20.3 Å². The highest BCUT2D eigenvalue weighted by atomic mass is 79.9. The Balaban J connectivity index is 1.91. The van der Waals surface area contributed by atoms with Gasteiger partial charge in [-0.2, -0.15) is 0 Å². The van der Waals surface area contributed by atoms with Crippen LogP contribution < -0.4 is 10.1 Å². The number of carbonyl (C=O) groups excluding carboxylic acids is 2. The molecular formula is C20H22BrNO5. The first-order valence-corrected chi connectivity index (χ1v) is 9.26. The number of hydrogen-bond donors (Lipinski definition) is 3. The van der Waals surface area contributed by atoms with Gasteiger partial charge in [0.25, 0.3) is 5.91 Å². The molecule has 0 fully saturated rings. The average Bonchev–Trinajstić information content (AvgIpc) is 2.66. The molecule has 0 saturated carbocycles. The fourth-order valence-electron chi connectivity index (χ4n) is 2.58. The van der Waals surface area contributed by atoms with Crippen molar-refractivity contribution in [1.29, 1.82) is 0 Å². The lowest BCUT2D eigenvalue weighted by Gasteiger charge is -2.20. The van der Waals surface area contributed by atoms with Gasteiger partial charge in [0.15, 0.2) is 12.4 Å². The van der Waals surface area contributed by atoms with Gasteiger partial charge in [-0.3, -0.25) is 9.59 Å². The first-order valence-electron chi connectivity index (χ1n) is 8.47. The quantitative estimate of drug-likeness (QED) is 0.526. The number of rotatable bonds is 9. The van der Waals surface area contributed by atoms with E-state index in [4.69, 9.17) is 4.74 Å². The van der Waals surface area contributed by atoms with Gasteiger partial charge in [0.1, 0.15) is 5.75 Å². The molecule has 27 heavy (non-hydrogen) atoms. The van der Waals surface area contributed by atoms with Gasteiger partial charge in [-0.25, -0.2) is 0 Å². The third kappa shape index (κ3) is 6.46. The molecule has 0 saturated heterocycles. The number of hydrogen-bond acceptors (Lipinski definition) is 5. The molecule has 7 heteroatoms. The van der Waals surface area contributed by atoms with Gasteiger partial charge in [0.05, 0.1) is 24.3 Å². The predicted octanol–water partition coefficient (Wildman–Crippen LogP) is 2.63. The lowest BCUT2D eigenvalue weighted by Crippen LogP contribution is -2.41. The minimum Gasteiger partial charge on any atom is -0.483 e. The van der Waals surface area contributed by atoms with Crippen LogP contribution in [0.4, 0.5) is 0 Å². The number of ether oxygens (including phenoxy) is 1. The SMILES string of the molecule is CC(=O)c1cc(Br)ccc1OCC(=O)NC(CO)CC(O)c1ccccc1. The standard InChI is InChI=1S/C20H22BrNO5/c1-13(24)17-9-15(21)7-8-19(17)27-12-20(26)22-16(11-23)10-18(25)14-5-3-2-4-6-14/h2-9,16,18,23,25H,10-12H2,1H3,(H,22,26). The Bertz CT molecular complexity index is 781. The molecule has 0 radical (unpaired) electrons. The third-order valence-electron chi connectivity index (χ3n) is 3.96. The number of halogens is 1. The van der Waals surface area contributed by atoms with Crippen molar-refractivity contribution in [3.05, 3.63) is 64.1 Å². The van der Waals surface area contributed by atoms with Gasteiger partial charge in [-0.15, -0.1) is 0 Å². The number of aliphatic hydroxyl groups excluding tert-OH is 2. The largest absolute Gasteiger partial charge is 0.483 e. The van der Waals surface area contributed by atoms with Crippen LogP contribution >= 0.6 is 15.9 Å². The minimum absolute atomic E-state index is 0.170. The Morgan fingerprint density at radius 3 is 2.52 bits per heavy atom. The molecule has 2 rings (SSSR count).